The third-order valence-electron chi connectivity index (χ3n) is 2.29. The van der Waals surface area contributed by atoms with Crippen molar-refractivity contribution in [3.63, 3.8) is 0 Å². The molecule has 92 valence electrons. The molecule has 1 rings (SSSR count). The van der Waals surface area contributed by atoms with Crippen molar-refractivity contribution in [1.82, 2.24) is 0 Å². The molecule has 1 amide bonds. The van der Waals surface area contributed by atoms with Crippen LogP contribution in [-0.4, -0.2) is 26.1 Å². The van der Waals surface area contributed by atoms with Gasteiger partial charge in [-0.3, -0.25) is 4.79 Å². The van der Waals surface area contributed by atoms with Crippen molar-refractivity contribution in [1.29, 1.82) is 0 Å². The summed E-state index contributed by atoms with van der Waals surface area (Å²) in [6, 6.07) is 5.40. The number of carbonyl (C=O) groups excluding carboxylic acids is 2. The van der Waals surface area contributed by atoms with Gasteiger partial charge in [-0.2, -0.15) is 0 Å². The summed E-state index contributed by atoms with van der Waals surface area (Å²) in [6.07, 6.45) is 0.824. The smallest absolute Gasteiger partial charge is 0.396 e. The Bertz CT molecular complexity index is 429. The number of hydrogen-bond donors (Lipinski definition) is 1. The van der Waals surface area contributed by atoms with Crippen LogP contribution in [-0.2, 0) is 20.7 Å². The van der Waals surface area contributed by atoms with E-state index in [1.165, 1.54) is 7.11 Å². The molecule has 0 atom stereocenters. The van der Waals surface area contributed by atoms with Crippen molar-refractivity contribution in [2.45, 2.75) is 13.3 Å². The minimum atomic E-state index is -0.936. The third-order valence-corrected chi connectivity index (χ3v) is 2.29. The van der Waals surface area contributed by atoms with Crippen molar-refractivity contribution in [2.75, 3.05) is 19.5 Å². The molecule has 0 aromatic heterocycles. The van der Waals surface area contributed by atoms with E-state index < -0.39 is 11.9 Å². The molecule has 0 aliphatic carbocycles. The lowest BCUT2D eigenvalue weighted by atomic mass is 10.1. The first-order valence-electron chi connectivity index (χ1n) is 5.18. The maximum atomic E-state index is 11.4. The first-order chi connectivity index (χ1) is 8.12. The Kier molecular flexibility index (Phi) is 4.51. The molecule has 0 heterocycles. The number of benzene rings is 1. The molecule has 0 saturated heterocycles. The van der Waals surface area contributed by atoms with Gasteiger partial charge >= 0.3 is 11.9 Å². The second kappa shape index (κ2) is 5.89. The fourth-order valence-corrected chi connectivity index (χ4v) is 1.34. The van der Waals surface area contributed by atoms with Gasteiger partial charge in [0.25, 0.3) is 0 Å². The molecule has 0 radical (unpaired) electrons. The predicted octanol–water partition coefficient (Wildman–Crippen LogP) is 1.37. The van der Waals surface area contributed by atoms with Crippen LogP contribution in [0.1, 0.15) is 12.5 Å². The van der Waals surface area contributed by atoms with Crippen LogP contribution in [0.25, 0.3) is 0 Å². The first kappa shape index (κ1) is 13.0. The Morgan fingerprint density at radius 2 is 2.00 bits per heavy atom. The Morgan fingerprint density at radius 1 is 1.29 bits per heavy atom. The van der Waals surface area contributed by atoms with E-state index in [4.69, 9.17) is 4.74 Å². The molecule has 0 bridgehead atoms. The molecule has 0 unspecified atom stereocenters. The normalized spacial score (nSPS) is 9.59. The van der Waals surface area contributed by atoms with Gasteiger partial charge in [-0.05, 0) is 24.1 Å². The zero-order valence-electron chi connectivity index (χ0n) is 10.1. The SMILES string of the molecule is CCc1ccc(OC)c(NC(=O)C(=O)OC)c1. The van der Waals surface area contributed by atoms with Crippen molar-refractivity contribution in [3.05, 3.63) is 23.8 Å². The molecule has 1 N–H and O–H groups in total. The fourth-order valence-electron chi connectivity index (χ4n) is 1.34. The van der Waals surface area contributed by atoms with Crippen LogP contribution in [0.4, 0.5) is 5.69 Å². The average molecular weight is 237 g/mol. The summed E-state index contributed by atoms with van der Waals surface area (Å²) in [6.45, 7) is 1.99. The van der Waals surface area contributed by atoms with Crippen LogP contribution in [0.2, 0.25) is 0 Å². The highest BCUT2D eigenvalue weighted by atomic mass is 16.5. The molecule has 1 aromatic carbocycles. The van der Waals surface area contributed by atoms with Crippen LogP contribution >= 0.6 is 0 Å². The van der Waals surface area contributed by atoms with Crippen molar-refractivity contribution < 1.29 is 19.1 Å². The second-order valence-electron chi connectivity index (χ2n) is 3.33. The Balaban J connectivity index is 2.95. The number of esters is 1. The van der Waals surface area contributed by atoms with Gasteiger partial charge in [-0.15, -0.1) is 0 Å². The predicted molar refractivity (Wildman–Crippen MR) is 63.0 cm³/mol. The summed E-state index contributed by atoms with van der Waals surface area (Å²) in [5, 5.41) is 2.45. The molecule has 0 saturated carbocycles. The quantitative estimate of drug-likeness (QED) is 0.637. The molecule has 5 heteroatoms. The van der Waals surface area contributed by atoms with E-state index in [0.29, 0.717) is 11.4 Å². The van der Waals surface area contributed by atoms with Gasteiger partial charge in [0.1, 0.15) is 5.75 Å². The standard InChI is InChI=1S/C12H15NO4/c1-4-8-5-6-10(16-2)9(7-8)13-11(14)12(15)17-3/h5-7H,4H2,1-3H3,(H,13,14). The molecular weight excluding hydrogens is 222 g/mol. The zero-order chi connectivity index (χ0) is 12.8. The van der Waals surface area contributed by atoms with Crippen molar-refractivity contribution in [2.24, 2.45) is 0 Å². The van der Waals surface area contributed by atoms with Gasteiger partial charge < -0.3 is 14.8 Å². The summed E-state index contributed by atoms with van der Waals surface area (Å²) in [5.41, 5.74) is 1.49. The maximum Gasteiger partial charge on any atom is 0.396 e. The Labute approximate surface area is 99.7 Å². The minimum absolute atomic E-state index is 0.460. The van der Waals surface area contributed by atoms with Gasteiger partial charge in [0, 0.05) is 0 Å². The molecule has 17 heavy (non-hydrogen) atoms. The summed E-state index contributed by atoms with van der Waals surface area (Å²) < 4.78 is 9.41. The van der Waals surface area contributed by atoms with E-state index >= 15 is 0 Å². The van der Waals surface area contributed by atoms with Gasteiger partial charge in [0.2, 0.25) is 0 Å². The van der Waals surface area contributed by atoms with Crippen LogP contribution in [0.3, 0.4) is 0 Å². The molecule has 0 aliphatic rings. The van der Waals surface area contributed by atoms with E-state index in [1.807, 2.05) is 13.0 Å². The second-order valence-corrected chi connectivity index (χ2v) is 3.33. The highest BCUT2D eigenvalue weighted by Gasteiger charge is 2.16. The highest BCUT2D eigenvalue weighted by molar-refractivity contribution is 6.37. The summed E-state index contributed by atoms with van der Waals surface area (Å²) in [5.74, 6) is -1.26. The summed E-state index contributed by atoms with van der Waals surface area (Å²) in [4.78, 5) is 22.4. The number of methoxy groups -OCH3 is 2. The number of anilines is 1. The number of aryl methyl sites for hydroxylation is 1. The molecule has 0 fully saturated rings. The first-order valence-corrected chi connectivity index (χ1v) is 5.18. The lowest BCUT2D eigenvalue weighted by Gasteiger charge is -2.10. The summed E-state index contributed by atoms with van der Waals surface area (Å²) >= 11 is 0. The Morgan fingerprint density at radius 3 is 2.53 bits per heavy atom. The monoisotopic (exact) mass is 237 g/mol. The topological polar surface area (TPSA) is 64.6 Å². The fraction of sp³-hybridized carbons (Fsp3) is 0.333. The van der Waals surface area contributed by atoms with Crippen LogP contribution in [0.15, 0.2) is 18.2 Å². The molecule has 1 aromatic rings. The lowest BCUT2D eigenvalue weighted by Crippen LogP contribution is -2.24. The van der Waals surface area contributed by atoms with Gasteiger partial charge in [-0.25, -0.2) is 4.79 Å². The number of amides is 1. The van der Waals surface area contributed by atoms with E-state index in [9.17, 15) is 9.59 Å². The number of carbonyl (C=O) groups is 2. The van der Waals surface area contributed by atoms with Crippen LogP contribution in [0, 0.1) is 0 Å². The third kappa shape index (κ3) is 3.21. The maximum absolute atomic E-state index is 11.4. The summed E-state index contributed by atoms with van der Waals surface area (Å²) in [7, 11) is 2.65. The van der Waals surface area contributed by atoms with E-state index in [1.54, 1.807) is 12.1 Å². The van der Waals surface area contributed by atoms with Crippen LogP contribution < -0.4 is 10.1 Å². The molecule has 0 aliphatic heterocycles. The molecular formula is C12H15NO4. The van der Waals surface area contributed by atoms with E-state index in [-0.39, 0.29) is 0 Å². The van der Waals surface area contributed by atoms with Crippen molar-refractivity contribution in [3.8, 4) is 5.75 Å². The largest absolute Gasteiger partial charge is 0.495 e. The van der Waals surface area contributed by atoms with Crippen LogP contribution in [0.5, 0.6) is 5.75 Å². The lowest BCUT2D eigenvalue weighted by molar-refractivity contribution is -0.150. The molecule has 0 spiro atoms. The Hall–Kier alpha value is -2.04. The van der Waals surface area contributed by atoms with Gasteiger partial charge in [-0.1, -0.05) is 13.0 Å². The number of hydrogen-bond acceptors (Lipinski definition) is 4. The zero-order valence-corrected chi connectivity index (χ0v) is 10.1. The van der Waals surface area contributed by atoms with Gasteiger partial charge in [0.15, 0.2) is 0 Å². The highest BCUT2D eigenvalue weighted by Crippen LogP contribution is 2.25. The number of rotatable bonds is 3. The minimum Gasteiger partial charge on any atom is -0.495 e. The van der Waals surface area contributed by atoms with E-state index in [0.717, 1.165) is 19.1 Å². The van der Waals surface area contributed by atoms with E-state index in [2.05, 4.69) is 10.1 Å². The van der Waals surface area contributed by atoms with Crippen molar-refractivity contribution >= 4 is 17.6 Å². The number of nitrogens with one attached hydrogen (secondary N) is 1. The average Bonchev–Trinajstić information content (AvgIpc) is 2.37. The molecule has 5 nitrogen and oxygen atoms in total. The number of ether oxygens (including phenoxy) is 2. The van der Waals surface area contributed by atoms with Gasteiger partial charge in [0.05, 0.1) is 19.9 Å².